The highest BCUT2D eigenvalue weighted by Crippen LogP contribution is 2.09. The maximum Gasteiger partial charge on any atom is 0.125 e. The first kappa shape index (κ1) is 10.5. The van der Waals surface area contributed by atoms with Crippen LogP contribution in [0.25, 0.3) is 0 Å². The van der Waals surface area contributed by atoms with Gasteiger partial charge in [-0.25, -0.2) is 4.39 Å². The first-order valence-electron chi connectivity index (χ1n) is 4.69. The van der Waals surface area contributed by atoms with Gasteiger partial charge in [0.1, 0.15) is 5.82 Å². The minimum Gasteiger partial charge on any atom is -0.385 e. The van der Waals surface area contributed by atoms with Gasteiger partial charge in [0.25, 0.3) is 0 Å². The van der Waals surface area contributed by atoms with Crippen molar-refractivity contribution in [1.29, 1.82) is 5.26 Å². The molecule has 2 nitrogen and oxygen atoms in total. The van der Waals surface area contributed by atoms with Crippen LogP contribution in [-0.4, -0.2) is 6.54 Å². The summed E-state index contributed by atoms with van der Waals surface area (Å²) in [5, 5.41) is 11.4. The van der Waals surface area contributed by atoms with E-state index in [1.54, 1.807) is 6.07 Å². The van der Waals surface area contributed by atoms with E-state index in [9.17, 15) is 4.39 Å². The van der Waals surface area contributed by atoms with Crippen LogP contribution < -0.4 is 5.32 Å². The summed E-state index contributed by atoms with van der Waals surface area (Å²) in [4.78, 5) is 0. The average molecular weight is 192 g/mol. The molecule has 0 atom stereocenters. The van der Waals surface area contributed by atoms with Crippen LogP contribution in [0.2, 0.25) is 0 Å². The molecule has 0 saturated heterocycles. The van der Waals surface area contributed by atoms with Crippen LogP contribution in [0.5, 0.6) is 0 Å². The van der Waals surface area contributed by atoms with Gasteiger partial charge in [0.05, 0.1) is 6.07 Å². The van der Waals surface area contributed by atoms with Crippen molar-refractivity contribution in [3.8, 4) is 6.07 Å². The summed E-state index contributed by atoms with van der Waals surface area (Å²) >= 11 is 0. The number of unbranched alkanes of at least 4 members (excludes halogenated alkanes) is 2. The summed E-state index contributed by atoms with van der Waals surface area (Å²) in [5.41, 5.74) is 0.793. The van der Waals surface area contributed by atoms with Crippen molar-refractivity contribution < 1.29 is 4.39 Å². The summed E-state index contributed by atoms with van der Waals surface area (Å²) in [6.07, 6.45) is 2.41. The van der Waals surface area contributed by atoms with E-state index in [0.717, 1.165) is 25.1 Å². The summed E-state index contributed by atoms with van der Waals surface area (Å²) < 4.78 is 12.7. The highest BCUT2D eigenvalue weighted by Gasteiger charge is 1.93. The van der Waals surface area contributed by atoms with E-state index in [0.29, 0.717) is 6.42 Å². The molecule has 3 heteroatoms. The molecule has 74 valence electrons. The molecule has 0 saturated carbocycles. The van der Waals surface area contributed by atoms with Crippen LogP contribution in [0.4, 0.5) is 10.1 Å². The lowest BCUT2D eigenvalue weighted by Gasteiger charge is -2.04. The van der Waals surface area contributed by atoms with Crippen molar-refractivity contribution in [2.75, 3.05) is 11.9 Å². The monoisotopic (exact) mass is 192 g/mol. The Bertz CT molecular complexity index is 317. The van der Waals surface area contributed by atoms with Crippen LogP contribution in [0.1, 0.15) is 19.3 Å². The van der Waals surface area contributed by atoms with Crippen LogP contribution in [0.15, 0.2) is 24.3 Å². The molecule has 0 unspecified atom stereocenters. The number of anilines is 1. The minimum absolute atomic E-state index is 0.230. The van der Waals surface area contributed by atoms with Crippen molar-refractivity contribution in [3.05, 3.63) is 30.1 Å². The van der Waals surface area contributed by atoms with Gasteiger partial charge in [-0.05, 0) is 31.0 Å². The quantitative estimate of drug-likeness (QED) is 0.728. The summed E-state index contributed by atoms with van der Waals surface area (Å²) in [5.74, 6) is -0.230. The third-order valence-corrected chi connectivity index (χ3v) is 1.87. The molecular formula is C11H13FN2. The molecule has 1 aromatic rings. The number of hydrogen-bond donors (Lipinski definition) is 1. The predicted molar refractivity (Wildman–Crippen MR) is 54.4 cm³/mol. The highest BCUT2D eigenvalue weighted by atomic mass is 19.1. The van der Waals surface area contributed by atoms with E-state index in [-0.39, 0.29) is 5.82 Å². The lowest BCUT2D eigenvalue weighted by Crippen LogP contribution is -2.01. The Morgan fingerprint density at radius 1 is 1.36 bits per heavy atom. The molecule has 0 radical (unpaired) electrons. The predicted octanol–water partition coefficient (Wildman–Crippen LogP) is 2.93. The molecule has 0 aliphatic heterocycles. The number of benzene rings is 1. The maximum atomic E-state index is 12.7. The van der Waals surface area contributed by atoms with Crippen LogP contribution >= 0.6 is 0 Å². The van der Waals surface area contributed by atoms with E-state index in [1.807, 2.05) is 6.07 Å². The smallest absolute Gasteiger partial charge is 0.125 e. The van der Waals surface area contributed by atoms with Crippen LogP contribution in [0.3, 0.4) is 0 Å². The molecule has 14 heavy (non-hydrogen) atoms. The number of hydrogen-bond acceptors (Lipinski definition) is 2. The highest BCUT2D eigenvalue weighted by molar-refractivity contribution is 5.42. The van der Waals surface area contributed by atoms with Gasteiger partial charge in [-0.3, -0.25) is 0 Å². The lowest BCUT2D eigenvalue weighted by molar-refractivity contribution is 0.628. The van der Waals surface area contributed by atoms with Gasteiger partial charge < -0.3 is 5.32 Å². The molecule has 0 bridgehead atoms. The second kappa shape index (κ2) is 5.98. The van der Waals surface area contributed by atoms with E-state index >= 15 is 0 Å². The third-order valence-electron chi connectivity index (χ3n) is 1.87. The number of nitrogens with zero attached hydrogens (tertiary/aromatic N) is 1. The molecule has 0 fully saturated rings. The van der Waals surface area contributed by atoms with Crippen molar-refractivity contribution in [2.45, 2.75) is 19.3 Å². The third kappa shape index (κ3) is 3.90. The standard InChI is InChI=1S/C11H13FN2/c12-10-5-4-6-11(9-10)14-8-3-1-2-7-13/h4-6,9,14H,1-3,8H2. The lowest BCUT2D eigenvalue weighted by atomic mass is 10.2. The van der Waals surface area contributed by atoms with Crippen molar-refractivity contribution in [1.82, 2.24) is 0 Å². The zero-order chi connectivity index (χ0) is 10.2. The topological polar surface area (TPSA) is 35.8 Å². The van der Waals surface area contributed by atoms with E-state index in [1.165, 1.54) is 12.1 Å². The fourth-order valence-electron chi connectivity index (χ4n) is 1.16. The summed E-state index contributed by atoms with van der Waals surface area (Å²) in [6, 6.07) is 8.47. The fourth-order valence-corrected chi connectivity index (χ4v) is 1.16. The molecule has 0 heterocycles. The molecule has 0 amide bonds. The van der Waals surface area contributed by atoms with E-state index in [4.69, 9.17) is 5.26 Å². The molecule has 0 aliphatic rings. The van der Waals surface area contributed by atoms with Gasteiger partial charge in [-0.1, -0.05) is 6.07 Å². The Balaban J connectivity index is 2.22. The normalized spacial score (nSPS) is 9.43. The summed E-state index contributed by atoms with van der Waals surface area (Å²) in [6.45, 7) is 0.783. The van der Waals surface area contributed by atoms with Gasteiger partial charge in [0.2, 0.25) is 0 Å². The Kier molecular flexibility index (Phi) is 4.49. The fraction of sp³-hybridized carbons (Fsp3) is 0.364. The number of nitriles is 1. The minimum atomic E-state index is -0.230. The Morgan fingerprint density at radius 2 is 2.21 bits per heavy atom. The van der Waals surface area contributed by atoms with Crippen LogP contribution in [0, 0.1) is 17.1 Å². The Morgan fingerprint density at radius 3 is 2.93 bits per heavy atom. The number of nitrogens with one attached hydrogen (secondary N) is 1. The molecule has 0 aliphatic carbocycles. The number of rotatable bonds is 5. The van der Waals surface area contributed by atoms with Gasteiger partial charge in [0.15, 0.2) is 0 Å². The Labute approximate surface area is 83.4 Å². The first-order valence-corrected chi connectivity index (χ1v) is 4.69. The molecule has 0 spiro atoms. The molecule has 0 aromatic heterocycles. The zero-order valence-electron chi connectivity index (χ0n) is 7.96. The van der Waals surface area contributed by atoms with Gasteiger partial charge in [-0.15, -0.1) is 0 Å². The van der Waals surface area contributed by atoms with Gasteiger partial charge in [0, 0.05) is 18.7 Å². The van der Waals surface area contributed by atoms with Crippen molar-refractivity contribution in [3.63, 3.8) is 0 Å². The molecule has 1 aromatic carbocycles. The SMILES string of the molecule is N#CCCCCNc1cccc(F)c1. The van der Waals surface area contributed by atoms with Crippen LogP contribution in [-0.2, 0) is 0 Å². The van der Waals surface area contributed by atoms with E-state index < -0.39 is 0 Å². The Hall–Kier alpha value is -1.56. The maximum absolute atomic E-state index is 12.7. The van der Waals surface area contributed by atoms with E-state index in [2.05, 4.69) is 11.4 Å². The van der Waals surface area contributed by atoms with Crippen molar-refractivity contribution in [2.24, 2.45) is 0 Å². The second-order valence-corrected chi connectivity index (χ2v) is 3.05. The molecule has 1 N–H and O–H groups in total. The average Bonchev–Trinajstić information content (AvgIpc) is 2.18. The van der Waals surface area contributed by atoms with Gasteiger partial charge in [-0.2, -0.15) is 5.26 Å². The van der Waals surface area contributed by atoms with Gasteiger partial charge >= 0.3 is 0 Å². The largest absolute Gasteiger partial charge is 0.385 e. The zero-order valence-corrected chi connectivity index (χ0v) is 7.96. The first-order chi connectivity index (χ1) is 6.83. The van der Waals surface area contributed by atoms with Crippen molar-refractivity contribution >= 4 is 5.69 Å². The summed E-state index contributed by atoms with van der Waals surface area (Å²) in [7, 11) is 0. The molecule has 1 rings (SSSR count). The number of halogens is 1. The second-order valence-electron chi connectivity index (χ2n) is 3.05. The molecular weight excluding hydrogens is 179 g/mol.